The molecule has 0 radical (unpaired) electrons. The summed E-state index contributed by atoms with van der Waals surface area (Å²) in [6, 6.07) is 1.80. The number of nitrogens with zero attached hydrogens (tertiary/aromatic N) is 2. The van der Waals surface area contributed by atoms with E-state index in [1.165, 1.54) is 0 Å². The molecule has 110 valence electrons. The van der Waals surface area contributed by atoms with Crippen LogP contribution in [-0.2, 0) is 11.3 Å². The number of aliphatic carboxylic acids is 1. The van der Waals surface area contributed by atoms with Crippen LogP contribution in [0, 0.1) is 11.8 Å². The molecule has 1 N–H and O–H groups in total. The van der Waals surface area contributed by atoms with Crippen molar-refractivity contribution in [2.45, 2.75) is 26.8 Å². The molecule has 0 saturated carbocycles. The minimum Gasteiger partial charge on any atom is -0.481 e. The lowest BCUT2D eigenvalue weighted by Crippen LogP contribution is -2.31. The van der Waals surface area contributed by atoms with Crippen molar-refractivity contribution < 1.29 is 14.7 Å². The smallest absolute Gasteiger partial charge is 0.308 e. The third-order valence-electron chi connectivity index (χ3n) is 3.76. The number of hydrogen-bond acceptors (Lipinski definition) is 2. The molecule has 0 aliphatic carbocycles. The van der Waals surface area contributed by atoms with Crippen molar-refractivity contribution >= 4 is 27.8 Å². The highest BCUT2D eigenvalue weighted by atomic mass is 79.9. The van der Waals surface area contributed by atoms with Gasteiger partial charge in [-0.3, -0.25) is 9.59 Å². The first kappa shape index (κ1) is 15.1. The predicted octanol–water partition coefficient (Wildman–Crippen LogP) is 2.45. The molecule has 5 nitrogen and oxygen atoms in total. The fourth-order valence-electron chi connectivity index (χ4n) is 2.70. The summed E-state index contributed by atoms with van der Waals surface area (Å²) < 4.78 is 2.79. The molecular formula is C14H19BrN2O3. The second kappa shape index (κ2) is 5.99. The van der Waals surface area contributed by atoms with E-state index >= 15 is 0 Å². The van der Waals surface area contributed by atoms with Crippen LogP contribution in [0.5, 0.6) is 0 Å². The SMILES string of the molecule is CCCn1cc(Br)cc1C(=O)N1CC(C)C(C(=O)O)C1. The lowest BCUT2D eigenvalue weighted by Gasteiger charge is -2.17. The van der Waals surface area contributed by atoms with Crippen LogP contribution in [0.2, 0.25) is 0 Å². The zero-order chi connectivity index (χ0) is 14.9. The number of hydrogen-bond donors (Lipinski definition) is 1. The Hall–Kier alpha value is -1.30. The highest BCUT2D eigenvalue weighted by Gasteiger charge is 2.37. The molecule has 1 fully saturated rings. The van der Waals surface area contributed by atoms with Gasteiger partial charge in [0.05, 0.1) is 5.92 Å². The minimum atomic E-state index is -0.821. The summed E-state index contributed by atoms with van der Waals surface area (Å²) in [6.45, 7) is 5.51. The van der Waals surface area contributed by atoms with Gasteiger partial charge in [-0.1, -0.05) is 13.8 Å². The van der Waals surface area contributed by atoms with E-state index in [9.17, 15) is 9.59 Å². The lowest BCUT2D eigenvalue weighted by molar-refractivity contribution is -0.142. The molecule has 1 aromatic heterocycles. The van der Waals surface area contributed by atoms with E-state index in [0.29, 0.717) is 18.8 Å². The molecule has 2 atom stereocenters. The van der Waals surface area contributed by atoms with Gasteiger partial charge in [-0.05, 0) is 34.3 Å². The number of halogens is 1. The Kier molecular flexibility index (Phi) is 4.52. The summed E-state index contributed by atoms with van der Waals surface area (Å²) in [6.07, 6.45) is 2.83. The Morgan fingerprint density at radius 1 is 1.45 bits per heavy atom. The van der Waals surface area contributed by atoms with Crippen molar-refractivity contribution in [1.29, 1.82) is 0 Å². The number of amides is 1. The molecular weight excluding hydrogens is 324 g/mol. The maximum atomic E-state index is 12.6. The van der Waals surface area contributed by atoms with Crippen LogP contribution < -0.4 is 0 Å². The first-order valence-corrected chi connectivity index (χ1v) is 7.61. The molecule has 6 heteroatoms. The predicted molar refractivity (Wildman–Crippen MR) is 78.6 cm³/mol. The number of aryl methyl sites for hydroxylation is 1. The number of likely N-dealkylation sites (tertiary alicyclic amines) is 1. The third-order valence-corrected chi connectivity index (χ3v) is 4.20. The van der Waals surface area contributed by atoms with Gasteiger partial charge < -0.3 is 14.6 Å². The third kappa shape index (κ3) is 2.90. The van der Waals surface area contributed by atoms with Crippen LogP contribution in [-0.4, -0.2) is 39.5 Å². The monoisotopic (exact) mass is 342 g/mol. The summed E-state index contributed by atoms with van der Waals surface area (Å²) in [7, 11) is 0. The van der Waals surface area contributed by atoms with Crippen molar-refractivity contribution in [1.82, 2.24) is 9.47 Å². The number of carbonyl (C=O) groups excluding carboxylic acids is 1. The van der Waals surface area contributed by atoms with Gasteiger partial charge in [-0.15, -0.1) is 0 Å². The van der Waals surface area contributed by atoms with E-state index in [1.807, 2.05) is 17.7 Å². The molecule has 0 bridgehead atoms. The molecule has 1 amide bonds. The second-order valence-electron chi connectivity index (χ2n) is 5.37. The van der Waals surface area contributed by atoms with Gasteiger partial charge in [0.1, 0.15) is 5.69 Å². The van der Waals surface area contributed by atoms with Gasteiger partial charge in [-0.2, -0.15) is 0 Å². The van der Waals surface area contributed by atoms with E-state index in [2.05, 4.69) is 22.9 Å². The fourth-order valence-corrected chi connectivity index (χ4v) is 3.16. The lowest BCUT2D eigenvalue weighted by atomic mass is 9.99. The van der Waals surface area contributed by atoms with E-state index in [1.54, 1.807) is 11.0 Å². The summed E-state index contributed by atoms with van der Waals surface area (Å²) in [5.74, 6) is -1.37. The van der Waals surface area contributed by atoms with Crippen molar-refractivity contribution in [3.05, 3.63) is 22.4 Å². The van der Waals surface area contributed by atoms with Crippen molar-refractivity contribution in [2.24, 2.45) is 11.8 Å². The zero-order valence-corrected chi connectivity index (χ0v) is 13.3. The van der Waals surface area contributed by atoms with Gasteiger partial charge in [0.2, 0.25) is 0 Å². The van der Waals surface area contributed by atoms with E-state index in [0.717, 1.165) is 17.4 Å². The van der Waals surface area contributed by atoms with Crippen LogP contribution in [0.1, 0.15) is 30.8 Å². The first-order valence-electron chi connectivity index (χ1n) is 6.81. The molecule has 1 aliphatic rings. The van der Waals surface area contributed by atoms with Crippen LogP contribution in [0.4, 0.5) is 0 Å². The number of rotatable bonds is 4. The van der Waals surface area contributed by atoms with Crippen molar-refractivity contribution in [3.8, 4) is 0 Å². The number of carboxylic acids is 1. The fraction of sp³-hybridized carbons (Fsp3) is 0.571. The Balaban J connectivity index is 2.18. The van der Waals surface area contributed by atoms with Gasteiger partial charge in [0, 0.05) is 30.3 Å². The van der Waals surface area contributed by atoms with Gasteiger partial charge in [0.15, 0.2) is 0 Å². The molecule has 1 aliphatic heterocycles. The van der Waals surface area contributed by atoms with Crippen LogP contribution >= 0.6 is 15.9 Å². The summed E-state index contributed by atoms with van der Waals surface area (Å²) in [4.78, 5) is 25.4. The molecule has 20 heavy (non-hydrogen) atoms. The molecule has 1 aromatic rings. The van der Waals surface area contributed by atoms with Crippen LogP contribution in [0.15, 0.2) is 16.7 Å². The normalized spacial score (nSPS) is 22.2. The van der Waals surface area contributed by atoms with Gasteiger partial charge in [-0.25, -0.2) is 0 Å². The second-order valence-corrected chi connectivity index (χ2v) is 6.28. The van der Waals surface area contributed by atoms with E-state index < -0.39 is 11.9 Å². The highest BCUT2D eigenvalue weighted by molar-refractivity contribution is 9.10. The Bertz CT molecular complexity index is 526. The first-order chi connectivity index (χ1) is 9.43. The largest absolute Gasteiger partial charge is 0.481 e. The Morgan fingerprint density at radius 3 is 2.70 bits per heavy atom. The van der Waals surface area contributed by atoms with Crippen LogP contribution in [0.25, 0.3) is 0 Å². The average Bonchev–Trinajstić information content (AvgIpc) is 2.92. The van der Waals surface area contributed by atoms with Gasteiger partial charge in [0.25, 0.3) is 5.91 Å². The summed E-state index contributed by atoms with van der Waals surface area (Å²) in [5, 5.41) is 9.15. The minimum absolute atomic E-state index is 0.00511. The molecule has 1 saturated heterocycles. The number of carbonyl (C=O) groups is 2. The maximum absolute atomic E-state index is 12.6. The summed E-state index contributed by atoms with van der Waals surface area (Å²) >= 11 is 3.39. The molecule has 2 heterocycles. The summed E-state index contributed by atoms with van der Waals surface area (Å²) in [5.41, 5.74) is 0.622. The molecule has 0 aromatic carbocycles. The van der Waals surface area contributed by atoms with Gasteiger partial charge >= 0.3 is 5.97 Å². The van der Waals surface area contributed by atoms with Crippen molar-refractivity contribution in [2.75, 3.05) is 13.1 Å². The Morgan fingerprint density at radius 2 is 2.15 bits per heavy atom. The molecule has 2 unspecified atom stereocenters. The number of aromatic nitrogens is 1. The molecule has 2 rings (SSSR count). The standard InChI is InChI=1S/C14H19BrN2O3/c1-3-4-16-7-10(15)5-12(16)13(18)17-6-9(2)11(8-17)14(19)20/h5,7,9,11H,3-4,6,8H2,1-2H3,(H,19,20). The number of carboxylic acid groups (broad SMARTS) is 1. The topological polar surface area (TPSA) is 62.5 Å². The maximum Gasteiger partial charge on any atom is 0.308 e. The zero-order valence-electron chi connectivity index (χ0n) is 11.7. The van der Waals surface area contributed by atoms with E-state index in [-0.39, 0.29) is 11.8 Å². The quantitative estimate of drug-likeness (QED) is 0.914. The highest BCUT2D eigenvalue weighted by Crippen LogP contribution is 2.26. The van der Waals surface area contributed by atoms with E-state index in [4.69, 9.17) is 5.11 Å². The average molecular weight is 343 g/mol. The Labute approximate surface area is 126 Å². The van der Waals surface area contributed by atoms with Crippen LogP contribution in [0.3, 0.4) is 0 Å². The molecule has 0 spiro atoms. The van der Waals surface area contributed by atoms with Crippen molar-refractivity contribution in [3.63, 3.8) is 0 Å².